The summed E-state index contributed by atoms with van der Waals surface area (Å²) in [6.45, 7) is 15.3. The number of carbonyl (C=O) groups is 2. The second-order valence-electron chi connectivity index (χ2n) is 11.2. The third-order valence-electron chi connectivity index (χ3n) is 6.02. The highest BCUT2D eigenvalue weighted by Gasteiger charge is 2.23. The molecule has 0 unspecified atom stereocenters. The van der Waals surface area contributed by atoms with E-state index in [0.29, 0.717) is 17.5 Å². The summed E-state index contributed by atoms with van der Waals surface area (Å²) >= 11 is 0. The van der Waals surface area contributed by atoms with Crippen LogP contribution in [-0.4, -0.2) is 29.1 Å². The molecule has 0 fully saturated rings. The van der Waals surface area contributed by atoms with Gasteiger partial charge < -0.3 is 11.1 Å². The van der Waals surface area contributed by atoms with Gasteiger partial charge in [0, 0.05) is 25.2 Å². The molecule has 184 valence electrons. The van der Waals surface area contributed by atoms with Gasteiger partial charge in [0.05, 0.1) is 17.9 Å². The van der Waals surface area contributed by atoms with Crippen molar-refractivity contribution in [1.29, 1.82) is 5.41 Å². The summed E-state index contributed by atoms with van der Waals surface area (Å²) in [7, 11) is 0. The minimum absolute atomic E-state index is 0.00490. The van der Waals surface area contributed by atoms with Gasteiger partial charge >= 0.3 is 0 Å². The van der Waals surface area contributed by atoms with E-state index >= 15 is 0 Å². The van der Waals surface area contributed by atoms with Gasteiger partial charge in [-0.2, -0.15) is 0 Å². The first kappa shape index (κ1) is 27.2. The van der Waals surface area contributed by atoms with Gasteiger partial charge in [-0.05, 0) is 51.5 Å². The molecule has 1 aromatic heterocycles. The van der Waals surface area contributed by atoms with Crippen molar-refractivity contribution in [3.8, 4) is 0 Å². The highest BCUT2D eigenvalue weighted by molar-refractivity contribution is 5.97. The molecule has 6 heteroatoms. The predicted octanol–water partition coefficient (Wildman–Crippen LogP) is 5.04. The quantitative estimate of drug-likeness (QED) is 0.357. The SMILES string of the molecule is CC[C@H](CC(=O)CNC(=O)c1cncc(CC(=N)N)c1)c1cc(C(C)(C)C)cc(C(C)(C)C)c1. The van der Waals surface area contributed by atoms with E-state index in [4.69, 9.17) is 11.1 Å². The molecule has 1 aromatic carbocycles. The Kier molecular flexibility index (Phi) is 8.76. The summed E-state index contributed by atoms with van der Waals surface area (Å²) in [5.74, 6) is -0.269. The summed E-state index contributed by atoms with van der Waals surface area (Å²) in [5.41, 5.74) is 10.2. The third-order valence-corrected chi connectivity index (χ3v) is 6.02. The zero-order chi connectivity index (χ0) is 25.7. The Labute approximate surface area is 204 Å². The van der Waals surface area contributed by atoms with E-state index < -0.39 is 0 Å². The summed E-state index contributed by atoms with van der Waals surface area (Å²) < 4.78 is 0. The Balaban J connectivity index is 2.13. The number of nitrogens with zero attached hydrogens (tertiary/aromatic N) is 1. The fourth-order valence-corrected chi connectivity index (χ4v) is 3.81. The Morgan fingerprint density at radius 2 is 1.59 bits per heavy atom. The Morgan fingerprint density at radius 3 is 2.09 bits per heavy atom. The van der Waals surface area contributed by atoms with E-state index in [1.807, 2.05) is 0 Å². The fraction of sp³-hybridized carbons (Fsp3) is 0.500. The number of hydrogen-bond donors (Lipinski definition) is 3. The fourth-order valence-electron chi connectivity index (χ4n) is 3.81. The van der Waals surface area contributed by atoms with Crippen LogP contribution in [0.5, 0.6) is 0 Å². The molecule has 6 nitrogen and oxygen atoms in total. The van der Waals surface area contributed by atoms with Crippen LogP contribution in [-0.2, 0) is 22.0 Å². The molecular weight excluding hydrogens is 424 g/mol. The summed E-state index contributed by atoms with van der Waals surface area (Å²) in [6.07, 6.45) is 4.47. The van der Waals surface area contributed by atoms with Crippen molar-refractivity contribution in [3.05, 3.63) is 64.5 Å². The molecule has 34 heavy (non-hydrogen) atoms. The molecule has 0 aliphatic rings. The molecule has 0 radical (unpaired) electrons. The zero-order valence-corrected chi connectivity index (χ0v) is 21.7. The number of rotatable bonds is 9. The van der Waals surface area contributed by atoms with E-state index in [1.54, 1.807) is 12.3 Å². The van der Waals surface area contributed by atoms with Crippen LogP contribution >= 0.6 is 0 Å². The van der Waals surface area contributed by atoms with Gasteiger partial charge in [-0.25, -0.2) is 0 Å². The lowest BCUT2D eigenvalue weighted by molar-refractivity contribution is -0.118. The highest BCUT2D eigenvalue weighted by Crippen LogP contribution is 2.34. The van der Waals surface area contributed by atoms with E-state index in [9.17, 15) is 9.59 Å². The van der Waals surface area contributed by atoms with Gasteiger partial charge in [0.25, 0.3) is 5.91 Å². The summed E-state index contributed by atoms with van der Waals surface area (Å²) in [6, 6.07) is 8.41. The van der Waals surface area contributed by atoms with Crippen LogP contribution in [0.3, 0.4) is 0 Å². The molecule has 4 N–H and O–H groups in total. The number of Topliss-reactive ketones (excluding diaryl/α,β-unsaturated/α-hetero) is 1. The van der Waals surface area contributed by atoms with Gasteiger partial charge in [-0.1, -0.05) is 66.7 Å². The third kappa shape index (κ3) is 7.79. The summed E-state index contributed by atoms with van der Waals surface area (Å²) in [5, 5.41) is 10.1. The Bertz CT molecular complexity index is 1010. The topological polar surface area (TPSA) is 109 Å². The lowest BCUT2D eigenvalue weighted by Crippen LogP contribution is -2.30. The van der Waals surface area contributed by atoms with Crippen LogP contribution in [0.4, 0.5) is 0 Å². The van der Waals surface area contributed by atoms with Crippen molar-refractivity contribution in [2.45, 2.75) is 84.5 Å². The first-order chi connectivity index (χ1) is 15.7. The smallest absolute Gasteiger partial charge is 0.253 e. The number of amidine groups is 1. The van der Waals surface area contributed by atoms with Crippen molar-refractivity contribution in [1.82, 2.24) is 10.3 Å². The highest BCUT2D eigenvalue weighted by atomic mass is 16.2. The van der Waals surface area contributed by atoms with Crippen LogP contribution in [0.15, 0.2) is 36.7 Å². The number of nitrogens with one attached hydrogen (secondary N) is 2. The zero-order valence-electron chi connectivity index (χ0n) is 21.7. The maximum atomic E-state index is 12.8. The molecule has 0 saturated carbocycles. The minimum Gasteiger partial charge on any atom is -0.387 e. The molecule has 2 aromatic rings. The maximum absolute atomic E-state index is 12.8. The number of benzene rings is 1. The van der Waals surface area contributed by atoms with Gasteiger partial charge in [-0.15, -0.1) is 0 Å². The van der Waals surface area contributed by atoms with Gasteiger partial charge in [-0.3, -0.25) is 20.0 Å². The molecule has 0 bridgehead atoms. The molecule has 1 atom stereocenters. The van der Waals surface area contributed by atoms with E-state index in [-0.39, 0.29) is 47.2 Å². The van der Waals surface area contributed by atoms with Crippen LogP contribution in [0.25, 0.3) is 0 Å². The number of nitrogens with two attached hydrogens (primary N) is 1. The van der Waals surface area contributed by atoms with Crippen molar-refractivity contribution in [3.63, 3.8) is 0 Å². The van der Waals surface area contributed by atoms with Gasteiger partial charge in [0.15, 0.2) is 5.78 Å². The van der Waals surface area contributed by atoms with E-state index in [1.165, 1.54) is 22.9 Å². The normalized spacial score (nSPS) is 12.8. The molecule has 1 amide bonds. The number of hydrogen-bond acceptors (Lipinski definition) is 4. The number of aromatic nitrogens is 1. The van der Waals surface area contributed by atoms with Gasteiger partial charge in [0.2, 0.25) is 0 Å². The lowest BCUT2D eigenvalue weighted by Gasteiger charge is -2.28. The van der Waals surface area contributed by atoms with Crippen molar-refractivity contribution < 1.29 is 9.59 Å². The predicted molar refractivity (Wildman–Crippen MR) is 139 cm³/mol. The number of pyridine rings is 1. The lowest BCUT2D eigenvalue weighted by atomic mass is 9.77. The van der Waals surface area contributed by atoms with Crippen molar-refractivity contribution in [2.24, 2.45) is 5.73 Å². The standard InChI is InChI=1S/C28H40N4O2/c1-8-19(20-11-22(27(2,3)4)14-23(12-20)28(5,6)7)13-24(33)17-32-26(34)21-9-18(10-25(29)30)15-31-16-21/h9,11-12,14-16,19H,8,10,13,17H2,1-7H3,(H3,29,30)(H,32,34)/t19-/m1/s1. The van der Waals surface area contributed by atoms with Crippen molar-refractivity contribution in [2.75, 3.05) is 6.54 Å². The summed E-state index contributed by atoms with van der Waals surface area (Å²) in [4.78, 5) is 29.4. The maximum Gasteiger partial charge on any atom is 0.253 e. The number of carbonyl (C=O) groups excluding carboxylic acids is 2. The second kappa shape index (κ2) is 10.9. The van der Waals surface area contributed by atoms with E-state index in [2.05, 4.69) is 77.0 Å². The van der Waals surface area contributed by atoms with E-state index in [0.717, 1.165) is 6.42 Å². The number of amides is 1. The average molecular weight is 465 g/mol. The first-order valence-corrected chi connectivity index (χ1v) is 11.9. The molecule has 2 rings (SSSR count). The molecule has 0 saturated heterocycles. The molecule has 0 spiro atoms. The van der Waals surface area contributed by atoms with Gasteiger partial charge in [0.1, 0.15) is 0 Å². The average Bonchev–Trinajstić information content (AvgIpc) is 2.74. The first-order valence-electron chi connectivity index (χ1n) is 11.9. The monoisotopic (exact) mass is 464 g/mol. The molecule has 0 aliphatic carbocycles. The molecule has 0 aliphatic heterocycles. The largest absolute Gasteiger partial charge is 0.387 e. The minimum atomic E-state index is -0.357. The molecule has 1 heterocycles. The second-order valence-corrected chi connectivity index (χ2v) is 11.2. The van der Waals surface area contributed by atoms with Crippen LogP contribution < -0.4 is 11.1 Å². The Morgan fingerprint density at radius 1 is 1.00 bits per heavy atom. The van der Waals surface area contributed by atoms with Crippen LogP contribution in [0.2, 0.25) is 0 Å². The number of ketones is 1. The van der Waals surface area contributed by atoms with Crippen LogP contribution in [0.1, 0.15) is 99.8 Å². The van der Waals surface area contributed by atoms with Crippen molar-refractivity contribution >= 4 is 17.5 Å². The van der Waals surface area contributed by atoms with Crippen LogP contribution in [0, 0.1) is 5.41 Å². The Hall–Kier alpha value is -3.02. The molecular formula is C28H40N4O2.